The summed E-state index contributed by atoms with van der Waals surface area (Å²) < 4.78 is 17.5. The monoisotopic (exact) mass is 505 g/mol. The zero-order chi connectivity index (χ0) is 26.6. The minimum absolute atomic E-state index is 0.0919. The maximum Gasteiger partial charge on any atom is 0.440 e. The molecule has 2 aromatic heterocycles. The lowest BCUT2D eigenvalue weighted by Crippen LogP contribution is -2.21. The summed E-state index contributed by atoms with van der Waals surface area (Å²) in [5.74, 6) is 0.429. The van der Waals surface area contributed by atoms with Crippen molar-refractivity contribution < 1.29 is 19.1 Å². The van der Waals surface area contributed by atoms with Gasteiger partial charge in [0.05, 0.1) is 18.8 Å². The fourth-order valence-electron chi connectivity index (χ4n) is 3.90. The number of aromatic amines is 1. The van der Waals surface area contributed by atoms with Crippen LogP contribution in [0.15, 0.2) is 68.8 Å². The van der Waals surface area contributed by atoms with Crippen molar-refractivity contribution in [3.05, 3.63) is 98.0 Å². The summed E-state index contributed by atoms with van der Waals surface area (Å²) in [6.45, 7) is 8.55. The standard InChI is InChI=1S/C28H31N3O6/c1-18-14-22(35-13-12-28(3,4)34)9-10-23(18)24-7-5-6-21(19(24)2)17-36-25-11-8-20(15-29-25)16-31-26(32)30-27(33)37-31/h5-11,14-15,34H,12-13,16-17H2,1-4H3,(H,30,32,33). The van der Waals surface area contributed by atoms with Gasteiger partial charge in [-0.3, -0.25) is 0 Å². The van der Waals surface area contributed by atoms with Gasteiger partial charge < -0.3 is 19.1 Å². The molecule has 2 heterocycles. The summed E-state index contributed by atoms with van der Waals surface area (Å²) in [5, 5.41) is 9.87. The molecule has 0 aliphatic rings. The number of hydrogen-bond acceptors (Lipinski definition) is 7. The van der Waals surface area contributed by atoms with E-state index in [4.69, 9.17) is 14.0 Å². The lowest BCUT2D eigenvalue weighted by Gasteiger charge is -2.18. The first-order valence-electron chi connectivity index (χ1n) is 12.0. The molecule has 0 fully saturated rings. The number of H-pyrrole nitrogens is 1. The van der Waals surface area contributed by atoms with Gasteiger partial charge in [-0.2, -0.15) is 0 Å². The molecule has 2 aromatic carbocycles. The van der Waals surface area contributed by atoms with Crippen LogP contribution in [0.4, 0.5) is 0 Å². The van der Waals surface area contributed by atoms with E-state index in [9.17, 15) is 14.7 Å². The number of aliphatic hydroxyl groups is 1. The predicted octanol–water partition coefficient (Wildman–Crippen LogP) is 3.98. The van der Waals surface area contributed by atoms with Crippen LogP contribution in [0, 0.1) is 13.8 Å². The first-order chi connectivity index (χ1) is 17.6. The highest BCUT2D eigenvalue weighted by Crippen LogP contribution is 2.31. The Balaban J connectivity index is 1.41. The van der Waals surface area contributed by atoms with E-state index in [1.165, 1.54) is 0 Å². The molecular formula is C28H31N3O6. The molecule has 0 aliphatic heterocycles. The Morgan fingerprint density at radius 3 is 2.51 bits per heavy atom. The SMILES string of the molecule is Cc1cc(OCCC(C)(C)O)ccc1-c1cccc(COc2ccc(Cn3oc(=O)[nH]c3=O)cn2)c1C. The molecule has 4 rings (SSSR count). The third-order valence-corrected chi connectivity index (χ3v) is 6.04. The number of pyridine rings is 1. The van der Waals surface area contributed by atoms with Crippen molar-refractivity contribution >= 4 is 0 Å². The molecule has 0 aliphatic carbocycles. The van der Waals surface area contributed by atoms with Crippen molar-refractivity contribution in [2.75, 3.05) is 6.61 Å². The summed E-state index contributed by atoms with van der Waals surface area (Å²) in [6.07, 6.45) is 2.13. The first-order valence-corrected chi connectivity index (χ1v) is 12.0. The highest BCUT2D eigenvalue weighted by molar-refractivity contribution is 5.72. The van der Waals surface area contributed by atoms with Crippen LogP contribution in [0.3, 0.4) is 0 Å². The van der Waals surface area contributed by atoms with Gasteiger partial charge in [0.2, 0.25) is 5.88 Å². The van der Waals surface area contributed by atoms with E-state index >= 15 is 0 Å². The second-order valence-electron chi connectivity index (χ2n) is 9.62. The molecule has 0 atom stereocenters. The number of rotatable bonds is 10. The Labute approximate surface area is 214 Å². The van der Waals surface area contributed by atoms with Crippen LogP contribution in [0.25, 0.3) is 11.1 Å². The van der Waals surface area contributed by atoms with E-state index in [-0.39, 0.29) is 6.54 Å². The molecule has 37 heavy (non-hydrogen) atoms. The summed E-state index contributed by atoms with van der Waals surface area (Å²) >= 11 is 0. The number of benzene rings is 2. The first kappa shape index (κ1) is 26.0. The second kappa shape index (κ2) is 10.9. The van der Waals surface area contributed by atoms with E-state index in [1.807, 2.05) is 29.2 Å². The van der Waals surface area contributed by atoms with Gasteiger partial charge in [-0.1, -0.05) is 30.3 Å². The molecule has 194 valence electrons. The molecule has 0 amide bonds. The van der Waals surface area contributed by atoms with Crippen LogP contribution < -0.4 is 20.9 Å². The minimum atomic E-state index is -0.794. The number of nitrogens with zero attached hydrogens (tertiary/aromatic N) is 2. The molecule has 9 nitrogen and oxygen atoms in total. The zero-order valence-corrected chi connectivity index (χ0v) is 21.4. The zero-order valence-electron chi connectivity index (χ0n) is 21.4. The molecule has 0 saturated heterocycles. The van der Waals surface area contributed by atoms with Crippen LogP contribution in [0.1, 0.15) is 42.5 Å². The number of nitrogens with one attached hydrogen (secondary N) is 1. The number of aromatic nitrogens is 3. The van der Waals surface area contributed by atoms with E-state index in [1.54, 1.807) is 32.2 Å². The van der Waals surface area contributed by atoms with Gasteiger partial charge in [-0.15, -0.1) is 4.74 Å². The largest absolute Gasteiger partial charge is 0.493 e. The fraction of sp³-hybridized carbons (Fsp3) is 0.321. The van der Waals surface area contributed by atoms with E-state index < -0.39 is 17.0 Å². The second-order valence-corrected chi connectivity index (χ2v) is 9.62. The molecule has 4 aromatic rings. The molecule has 0 bridgehead atoms. The highest BCUT2D eigenvalue weighted by Gasteiger charge is 2.14. The van der Waals surface area contributed by atoms with Crippen LogP contribution in [0.5, 0.6) is 11.6 Å². The minimum Gasteiger partial charge on any atom is -0.493 e. The number of hydrogen-bond donors (Lipinski definition) is 2. The Bertz CT molecular complexity index is 1480. The summed E-state index contributed by atoms with van der Waals surface area (Å²) in [5.41, 5.74) is 4.80. The van der Waals surface area contributed by atoms with Crippen LogP contribution in [-0.4, -0.2) is 32.0 Å². The number of aryl methyl sites for hydroxylation is 1. The Kier molecular flexibility index (Phi) is 7.63. The molecule has 0 unspecified atom stereocenters. The van der Waals surface area contributed by atoms with Crippen molar-refractivity contribution in [3.8, 4) is 22.8 Å². The van der Waals surface area contributed by atoms with Crippen LogP contribution >= 0.6 is 0 Å². The Hall–Kier alpha value is -4.11. The van der Waals surface area contributed by atoms with Crippen LogP contribution in [-0.2, 0) is 13.2 Å². The van der Waals surface area contributed by atoms with Gasteiger partial charge in [-0.05, 0) is 73.2 Å². The average molecular weight is 506 g/mol. The fourth-order valence-corrected chi connectivity index (χ4v) is 3.90. The third kappa shape index (κ3) is 6.77. The summed E-state index contributed by atoms with van der Waals surface area (Å²) in [6, 6.07) is 15.6. The van der Waals surface area contributed by atoms with E-state index in [0.717, 1.165) is 38.3 Å². The summed E-state index contributed by atoms with van der Waals surface area (Å²) in [4.78, 5) is 29.1. The van der Waals surface area contributed by atoms with Crippen molar-refractivity contribution in [2.24, 2.45) is 0 Å². The van der Waals surface area contributed by atoms with Crippen molar-refractivity contribution in [3.63, 3.8) is 0 Å². The predicted molar refractivity (Wildman–Crippen MR) is 139 cm³/mol. The molecule has 2 N–H and O–H groups in total. The van der Waals surface area contributed by atoms with Gasteiger partial charge >= 0.3 is 11.4 Å². The third-order valence-electron chi connectivity index (χ3n) is 6.04. The quantitative estimate of drug-likeness (QED) is 0.335. The maximum absolute atomic E-state index is 11.6. The molecule has 0 radical (unpaired) electrons. The van der Waals surface area contributed by atoms with Gasteiger partial charge in [0.1, 0.15) is 12.4 Å². The normalized spacial score (nSPS) is 11.5. The molecule has 9 heteroatoms. The summed E-state index contributed by atoms with van der Waals surface area (Å²) in [7, 11) is 0. The molecular weight excluding hydrogens is 474 g/mol. The smallest absolute Gasteiger partial charge is 0.440 e. The van der Waals surface area contributed by atoms with Crippen LogP contribution in [0.2, 0.25) is 0 Å². The van der Waals surface area contributed by atoms with E-state index in [2.05, 4.69) is 31.0 Å². The molecule has 0 spiro atoms. The van der Waals surface area contributed by atoms with Gasteiger partial charge in [0.15, 0.2) is 0 Å². The van der Waals surface area contributed by atoms with Crippen molar-refractivity contribution in [1.82, 2.24) is 14.7 Å². The van der Waals surface area contributed by atoms with Crippen molar-refractivity contribution in [1.29, 1.82) is 0 Å². The average Bonchev–Trinajstić information content (AvgIpc) is 3.15. The lowest BCUT2D eigenvalue weighted by molar-refractivity contribution is 0.0553. The molecule has 0 saturated carbocycles. The van der Waals surface area contributed by atoms with Gasteiger partial charge in [-0.25, -0.2) is 19.6 Å². The Morgan fingerprint density at radius 1 is 1.05 bits per heavy atom. The Morgan fingerprint density at radius 2 is 1.86 bits per heavy atom. The lowest BCUT2D eigenvalue weighted by atomic mass is 9.94. The van der Waals surface area contributed by atoms with Gasteiger partial charge in [0.25, 0.3) is 0 Å². The van der Waals surface area contributed by atoms with E-state index in [0.29, 0.717) is 31.1 Å². The highest BCUT2D eigenvalue weighted by atomic mass is 16.5. The van der Waals surface area contributed by atoms with Gasteiger partial charge in [0, 0.05) is 18.7 Å². The topological polar surface area (TPSA) is 120 Å². The number of ether oxygens (including phenoxy) is 2. The van der Waals surface area contributed by atoms with Crippen molar-refractivity contribution in [2.45, 2.75) is 52.9 Å². The maximum atomic E-state index is 11.6.